The summed E-state index contributed by atoms with van der Waals surface area (Å²) in [6.07, 6.45) is 10.6. The van der Waals surface area contributed by atoms with Gasteiger partial charge in [-0.05, 0) is 50.3 Å². The van der Waals surface area contributed by atoms with Crippen LogP contribution < -0.4 is 0 Å². The standard InChI is InChI=1S/C13H23BrS/c1-3-4-5-6-7-8-10-15(14)11-9-13(2)12-15/h9,11-12H,3-8,10H2,1-2H3. The summed E-state index contributed by atoms with van der Waals surface area (Å²) >= 11 is 3.89. The van der Waals surface area contributed by atoms with Gasteiger partial charge in [0.25, 0.3) is 0 Å². The van der Waals surface area contributed by atoms with Crippen molar-refractivity contribution < 1.29 is 0 Å². The molecule has 0 aromatic rings. The van der Waals surface area contributed by atoms with E-state index in [1.807, 2.05) is 0 Å². The van der Waals surface area contributed by atoms with E-state index in [-0.39, 0.29) is 0 Å². The van der Waals surface area contributed by atoms with Gasteiger partial charge in [0, 0.05) is 0 Å². The molecule has 0 saturated heterocycles. The number of hydrogen-bond donors (Lipinski definition) is 0. The average molecular weight is 291 g/mol. The number of halogens is 1. The molecular weight excluding hydrogens is 268 g/mol. The van der Waals surface area contributed by atoms with Gasteiger partial charge in [-0.25, -0.2) is 0 Å². The maximum Gasteiger partial charge on any atom is -0.00652 e. The fourth-order valence-corrected chi connectivity index (χ4v) is 5.85. The molecular formula is C13H23BrS. The first-order chi connectivity index (χ1) is 7.16. The minimum Gasteiger partial charge on any atom is -0.142 e. The van der Waals surface area contributed by atoms with Crippen LogP contribution in [0.3, 0.4) is 0 Å². The molecule has 0 aliphatic carbocycles. The van der Waals surface area contributed by atoms with E-state index in [1.54, 1.807) is 0 Å². The van der Waals surface area contributed by atoms with Crippen LogP contribution in [0, 0.1) is 0 Å². The molecule has 0 saturated carbocycles. The van der Waals surface area contributed by atoms with Crippen molar-refractivity contribution in [3.63, 3.8) is 0 Å². The maximum atomic E-state index is 3.89. The van der Waals surface area contributed by atoms with E-state index in [9.17, 15) is 0 Å². The van der Waals surface area contributed by atoms with Crippen molar-refractivity contribution in [3.05, 3.63) is 22.5 Å². The molecule has 88 valence electrons. The molecule has 1 aliphatic rings. The zero-order valence-corrected chi connectivity index (χ0v) is 12.4. The normalized spacial score (nSPS) is 28.9. The van der Waals surface area contributed by atoms with Crippen molar-refractivity contribution in [2.45, 2.75) is 52.4 Å². The van der Waals surface area contributed by atoms with Gasteiger partial charge in [0.1, 0.15) is 0 Å². The molecule has 1 rings (SSSR count). The van der Waals surface area contributed by atoms with Crippen LogP contribution in [0.2, 0.25) is 0 Å². The minimum absolute atomic E-state index is 0.676. The topological polar surface area (TPSA) is 0 Å². The summed E-state index contributed by atoms with van der Waals surface area (Å²) in [7, 11) is -0.676. The second-order valence-corrected chi connectivity index (χ2v) is 10.4. The third-order valence-electron chi connectivity index (χ3n) is 2.75. The molecule has 0 radical (unpaired) electrons. The lowest BCUT2D eigenvalue weighted by atomic mass is 10.1. The van der Waals surface area contributed by atoms with E-state index in [1.165, 1.54) is 49.9 Å². The SMILES string of the molecule is CCCCCCCCS1(Br)C=CC(C)=C1. The van der Waals surface area contributed by atoms with Gasteiger partial charge in [0.15, 0.2) is 0 Å². The summed E-state index contributed by atoms with van der Waals surface area (Å²) in [5.74, 6) is 1.33. The Morgan fingerprint density at radius 3 is 2.40 bits per heavy atom. The van der Waals surface area contributed by atoms with Crippen molar-refractivity contribution in [1.82, 2.24) is 0 Å². The highest BCUT2D eigenvalue weighted by molar-refractivity contribution is 9.59. The second-order valence-electron chi connectivity index (χ2n) is 4.39. The molecule has 15 heavy (non-hydrogen) atoms. The smallest absolute Gasteiger partial charge is 0.00652 e. The molecule has 0 nitrogen and oxygen atoms in total. The Labute approximate surface area is 104 Å². The van der Waals surface area contributed by atoms with Crippen molar-refractivity contribution >= 4 is 23.3 Å². The summed E-state index contributed by atoms with van der Waals surface area (Å²) in [6, 6.07) is 0. The molecule has 0 spiro atoms. The summed E-state index contributed by atoms with van der Waals surface area (Å²) in [6.45, 7) is 4.46. The zero-order valence-electron chi connectivity index (χ0n) is 9.97. The van der Waals surface area contributed by atoms with Crippen LogP contribution in [-0.4, -0.2) is 5.75 Å². The predicted octanol–water partition coefficient (Wildman–Crippen LogP) is 5.89. The van der Waals surface area contributed by atoms with Crippen LogP contribution >= 0.6 is 23.3 Å². The first kappa shape index (κ1) is 13.4. The van der Waals surface area contributed by atoms with E-state index in [0.29, 0.717) is 0 Å². The monoisotopic (exact) mass is 290 g/mol. The number of unbranched alkanes of at least 4 members (excludes halogenated alkanes) is 5. The molecule has 0 aromatic heterocycles. The molecule has 1 atom stereocenters. The Bertz CT molecular complexity index is 245. The summed E-state index contributed by atoms with van der Waals surface area (Å²) < 4.78 is 0. The fourth-order valence-electron chi connectivity index (χ4n) is 1.84. The Hall–Kier alpha value is 0.310. The van der Waals surface area contributed by atoms with E-state index < -0.39 is 8.46 Å². The van der Waals surface area contributed by atoms with Crippen LogP contribution in [-0.2, 0) is 0 Å². The van der Waals surface area contributed by atoms with Crippen LogP contribution in [0.5, 0.6) is 0 Å². The molecule has 2 heteroatoms. The second kappa shape index (κ2) is 6.80. The van der Waals surface area contributed by atoms with Gasteiger partial charge in [0.2, 0.25) is 0 Å². The van der Waals surface area contributed by atoms with Crippen LogP contribution in [0.1, 0.15) is 52.4 Å². The largest absolute Gasteiger partial charge is 0.142 e. The highest BCUT2D eigenvalue weighted by Crippen LogP contribution is 2.62. The lowest BCUT2D eigenvalue weighted by molar-refractivity contribution is 0.627. The highest BCUT2D eigenvalue weighted by Gasteiger charge is 2.17. The van der Waals surface area contributed by atoms with Gasteiger partial charge in [-0.3, -0.25) is 0 Å². The molecule has 0 amide bonds. The summed E-state index contributed by atoms with van der Waals surface area (Å²) in [5.41, 5.74) is 1.42. The Kier molecular flexibility index (Phi) is 6.06. The Morgan fingerprint density at radius 1 is 1.13 bits per heavy atom. The van der Waals surface area contributed by atoms with E-state index in [2.05, 4.69) is 45.6 Å². The van der Waals surface area contributed by atoms with Crippen molar-refractivity contribution in [1.29, 1.82) is 0 Å². The van der Waals surface area contributed by atoms with E-state index in [4.69, 9.17) is 0 Å². The molecule has 0 bridgehead atoms. The Balaban J connectivity index is 2.08. The minimum atomic E-state index is -0.676. The van der Waals surface area contributed by atoms with Gasteiger partial charge in [-0.1, -0.05) is 45.1 Å². The lowest BCUT2D eigenvalue weighted by Gasteiger charge is -2.22. The Morgan fingerprint density at radius 2 is 1.80 bits per heavy atom. The number of allylic oxidation sites excluding steroid dienone is 2. The third-order valence-corrected chi connectivity index (χ3v) is 7.20. The van der Waals surface area contributed by atoms with E-state index in [0.717, 1.165) is 0 Å². The summed E-state index contributed by atoms with van der Waals surface area (Å²) in [4.78, 5) is 0. The lowest BCUT2D eigenvalue weighted by Crippen LogP contribution is -1.90. The van der Waals surface area contributed by atoms with Crippen molar-refractivity contribution in [3.8, 4) is 0 Å². The molecule has 0 aromatic carbocycles. The van der Waals surface area contributed by atoms with Gasteiger partial charge in [-0.15, -0.1) is 8.46 Å². The maximum absolute atomic E-state index is 3.89. The van der Waals surface area contributed by atoms with Crippen molar-refractivity contribution in [2.24, 2.45) is 0 Å². The first-order valence-electron chi connectivity index (χ1n) is 6.03. The third kappa shape index (κ3) is 5.26. The number of hydrogen-bond acceptors (Lipinski definition) is 0. The van der Waals surface area contributed by atoms with Gasteiger partial charge in [-0.2, -0.15) is 0 Å². The van der Waals surface area contributed by atoms with Gasteiger partial charge >= 0.3 is 0 Å². The van der Waals surface area contributed by atoms with Crippen molar-refractivity contribution in [2.75, 3.05) is 5.75 Å². The zero-order chi connectivity index (χ0) is 11.1. The molecule has 1 heterocycles. The van der Waals surface area contributed by atoms with Gasteiger partial charge < -0.3 is 0 Å². The molecule has 1 unspecified atom stereocenters. The average Bonchev–Trinajstić information content (AvgIpc) is 2.53. The first-order valence-corrected chi connectivity index (χ1v) is 9.80. The van der Waals surface area contributed by atoms with Crippen LogP contribution in [0.4, 0.5) is 0 Å². The predicted molar refractivity (Wildman–Crippen MR) is 77.7 cm³/mol. The van der Waals surface area contributed by atoms with E-state index >= 15 is 0 Å². The highest BCUT2D eigenvalue weighted by atomic mass is 79.9. The fraction of sp³-hybridized carbons (Fsp3) is 0.692. The molecule has 0 fully saturated rings. The quantitative estimate of drug-likeness (QED) is 0.513. The van der Waals surface area contributed by atoms with Crippen LogP contribution in [0.25, 0.3) is 0 Å². The van der Waals surface area contributed by atoms with Crippen LogP contribution in [0.15, 0.2) is 22.5 Å². The molecule has 1 aliphatic heterocycles. The molecule has 0 N–H and O–H groups in total. The summed E-state index contributed by atoms with van der Waals surface area (Å²) in [5, 5.41) is 4.79. The van der Waals surface area contributed by atoms with Gasteiger partial charge in [0.05, 0.1) is 0 Å². The number of rotatable bonds is 7.